The average Bonchev–Trinajstić information content (AvgIpc) is 2.72. The molecule has 3 nitrogen and oxygen atoms in total. The summed E-state index contributed by atoms with van der Waals surface area (Å²) in [5.74, 6) is 0.195. The quantitative estimate of drug-likeness (QED) is 0.767. The van der Waals surface area contributed by atoms with Gasteiger partial charge in [-0.25, -0.2) is 0 Å². The van der Waals surface area contributed by atoms with E-state index in [2.05, 4.69) is 5.32 Å². The Balaban J connectivity index is 2.16. The Kier molecular flexibility index (Phi) is 2.33. The van der Waals surface area contributed by atoms with Gasteiger partial charge in [0.1, 0.15) is 0 Å². The van der Waals surface area contributed by atoms with Crippen molar-refractivity contribution in [3.8, 4) is 0 Å². The first-order valence-corrected chi connectivity index (χ1v) is 5.28. The second kappa shape index (κ2) is 3.47. The maximum atomic E-state index is 11.7. The molecule has 1 aromatic heterocycles. The van der Waals surface area contributed by atoms with Crippen LogP contribution in [-0.2, 0) is 4.79 Å². The molecule has 1 amide bonds. The molecule has 2 rings (SSSR count). The third-order valence-corrected chi connectivity index (χ3v) is 3.04. The van der Waals surface area contributed by atoms with Crippen LogP contribution in [0.1, 0.15) is 6.42 Å². The van der Waals surface area contributed by atoms with E-state index >= 15 is 0 Å². The Morgan fingerprint density at radius 2 is 2.54 bits per heavy atom. The summed E-state index contributed by atoms with van der Waals surface area (Å²) in [7, 11) is 1.83. The minimum atomic E-state index is 0.0138. The van der Waals surface area contributed by atoms with E-state index in [1.165, 1.54) is 0 Å². The van der Waals surface area contributed by atoms with Gasteiger partial charge in [-0.15, -0.1) is 0 Å². The molecule has 1 fully saturated rings. The number of amides is 1. The summed E-state index contributed by atoms with van der Waals surface area (Å²) in [5.41, 5.74) is 1.03. The number of hydrogen-bond donors (Lipinski definition) is 1. The first-order valence-electron chi connectivity index (χ1n) is 4.34. The van der Waals surface area contributed by atoms with E-state index < -0.39 is 0 Å². The van der Waals surface area contributed by atoms with Crippen LogP contribution in [0.15, 0.2) is 16.8 Å². The summed E-state index contributed by atoms with van der Waals surface area (Å²) < 4.78 is 0. The smallest absolute Gasteiger partial charge is 0.244 e. The highest BCUT2D eigenvalue weighted by Gasteiger charge is 2.31. The highest BCUT2D eigenvalue weighted by atomic mass is 32.1. The normalized spacial score (nSPS) is 22.7. The molecule has 1 aliphatic rings. The molecule has 1 aliphatic heterocycles. The topological polar surface area (TPSA) is 32.3 Å². The Labute approximate surface area is 81.4 Å². The van der Waals surface area contributed by atoms with Crippen LogP contribution >= 0.6 is 11.3 Å². The van der Waals surface area contributed by atoms with Gasteiger partial charge in [0.2, 0.25) is 5.91 Å². The Hall–Kier alpha value is -0.870. The van der Waals surface area contributed by atoms with Crippen molar-refractivity contribution in [1.82, 2.24) is 5.32 Å². The first kappa shape index (κ1) is 8.72. The van der Waals surface area contributed by atoms with Crippen LogP contribution in [0.2, 0.25) is 0 Å². The largest absolute Gasteiger partial charge is 0.310 e. The highest BCUT2D eigenvalue weighted by Crippen LogP contribution is 2.23. The second-order valence-electron chi connectivity index (χ2n) is 3.10. The van der Waals surface area contributed by atoms with Crippen molar-refractivity contribution >= 4 is 22.9 Å². The summed E-state index contributed by atoms with van der Waals surface area (Å²) in [6.07, 6.45) is 0.908. The van der Waals surface area contributed by atoms with Crippen molar-refractivity contribution in [2.24, 2.45) is 0 Å². The standard InChI is InChI=1S/C9H12N2OS/c1-10-8-2-4-11(9(8)12)7-3-5-13-6-7/h3,5-6,8,10H,2,4H2,1H3. The number of thiophene rings is 1. The molecule has 0 spiro atoms. The Morgan fingerprint density at radius 1 is 1.69 bits per heavy atom. The van der Waals surface area contributed by atoms with Crippen molar-refractivity contribution in [1.29, 1.82) is 0 Å². The van der Waals surface area contributed by atoms with E-state index in [-0.39, 0.29) is 11.9 Å². The minimum Gasteiger partial charge on any atom is -0.310 e. The fraction of sp³-hybridized carbons (Fsp3) is 0.444. The first-order chi connectivity index (χ1) is 6.33. The van der Waals surface area contributed by atoms with Gasteiger partial charge in [-0.1, -0.05) is 0 Å². The van der Waals surface area contributed by atoms with E-state index in [9.17, 15) is 4.79 Å². The third-order valence-electron chi connectivity index (χ3n) is 2.37. The van der Waals surface area contributed by atoms with Crippen molar-refractivity contribution in [2.45, 2.75) is 12.5 Å². The van der Waals surface area contributed by atoms with Gasteiger partial charge in [0.05, 0.1) is 11.7 Å². The van der Waals surface area contributed by atoms with Gasteiger partial charge in [-0.3, -0.25) is 4.79 Å². The predicted molar refractivity (Wildman–Crippen MR) is 54.1 cm³/mol. The summed E-state index contributed by atoms with van der Waals surface area (Å²) in [4.78, 5) is 13.5. The number of carbonyl (C=O) groups is 1. The molecule has 1 N–H and O–H groups in total. The molecular weight excluding hydrogens is 184 g/mol. The molecule has 1 atom stereocenters. The van der Waals surface area contributed by atoms with Crippen LogP contribution in [0.4, 0.5) is 5.69 Å². The highest BCUT2D eigenvalue weighted by molar-refractivity contribution is 7.08. The zero-order valence-corrected chi connectivity index (χ0v) is 8.30. The lowest BCUT2D eigenvalue weighted by molar-refractivity contribution is -0.118. The molecule has 1 unspecified atom stereocenters. The van der Waals surface area contributed by atoms with Crippen molar-refractivity contribution in [3.05, 3.63) is 16.8 Å². The summed E-state index contributed by atoms with van der Waals surface area (Å²) >= 11 is 1.62. The molecule has 4 heteroatoms. The van der Waals surface area contributed by atoms with E-state index in [0.717, 1.165) is 18.7 Å². The Bertz CT molecular complexity index is 297. The van der Waals surface area contributed by atoms with Crippen molar-refractivity contribution in [3.63, 3.8) is 0 Å². The van der Waals surface area contributed by atoms with E-state index in [1.807, 2.05) is 28.8 Å². The van der Waals surface area contributed by atoms with E-state index in [1.54, 1.807) is 11.3 Å². The average molecular weight is 196 g/mol. The molecule has 1 aromatic rings. The predicted octanol–water partition coefficient (Wildman–Crippen LogP) is 1.07. The fourth-order valence-corrected chi connectivity index (χ4v) is 2.26. The number of rotatable bonds is 2. The molecule has 0 aliphatic carbocycles. The number of nitrogens with one attached hydrogen (secondary N) is 1. The lowest BCUT2D eigenvalue weighted by Gasteiger charge is -2.14. The van der Waals surface area contributed by atoms with Crippen LogP contribution in [0.5, 0.6) is 0 Å². The van der Waals surface area contributed by atoms with Crippen LogP contribution < -0.4 is 10.2 Å². The molecule has 0 saturated carbocycles. The number of hydrogen-bond acceptors (Lipinski definition) is 3. The maximum Gasteiger partial charge on any atom is 0.244 e. The number of carbonyl (C=O) groups excluding carboxylic acids is 1. The van der Waals surface area contributed by atoms with Crippen LogP contribution in [-0.4, -0.2) is 25.5 Å². The lowest BCUT2D eigenvalue weighted by Crippen LogP contribution is -2.36. The van der Waals surface area contributed by atoms with Gasteiger partial charge in [0.25, 0.3) is 0 Å². The molecule has 1 saturated heterocycles. The molecule has 0 aromatic carbocycles. The van der Waals surface area contributed by atoms with Crippen molar-refractivity contribution < 1.29 is 4.79 Å². The lowest BCUT2D eigenvalue weighted by atomic mass is 10.3. The minimum absolute atomic E-state index is 0.0138. The van der Waals surface area contributed by atoms with Crippen LogP contribution in [0.25, 0.3) is 0 Å². The summed E-state index contributed by atoms with van der Waals surface area (Å²) in [6.45, 7) is 0.834. The van der Waals surface area contributed by atoms with Crippen LogP contribution in [0, 0.1) is 0 Å². The van der Waals surface area contributed by atoms with Gasteiger partial charge in [-0.05, 0) is 24.9 Å². The van der Waals surface area contributed by atoms with Gasteiger partial charge < -0.3 is 10.2 Å². The summed E-state index contributed by atoms with van der Waals surface area (Å²) in [5, 5.41) is 7.02. The van der Waals surface area contributed by atoms with E-state index in [4.69, 9.17) is 0 Å². The maximum absolute atomic E-state index is 11.7. The molecular formula is C9H12N2OS. The van der Waals surface area contributed by atoms with Gasteiger partial charge >= 0.3 is 0 Å². The number of anilines is 1. The monoisotopic (exact) mass is 196 g/mol. The molecule has 70 valence electrons. The number of likely N-dealkylation sites (N-methyl/N-ethyl adjacent to an activating group) is 1. The molecule has 0 radical (unpaired) electrons. The molecule has 2 heterocycles. The number of nitrogens with zero attached hydrogens (tertiary/aromatic N) is 1. The molecule has 0 bridgehead atoms. The SMILES string of the molecule is CNC1CCN(c2ccsc2)C1=O. The van der Waals surface area contributed by atoms with Gasteiger partial charge in [0.15, 0.2) is 0 Å². The fourth-order valence-electron chi connectivity index (χ4n) is 1.62. The second-order valence-corrected chi connectivity index (χ2v) is 3.88. The zero-order chi connectivity index (χ0) is 9.26. The third kappa shape index (κ3) is 1.47. The van der Waals surface area contributed by atoms with Gasteiger partial charge in [0, 0.05) is 11.9 Å². The van der Waals surface area contributed by atoms with Crippen molar-refractivity contribution in [2.75, 3.05) is 18.5 Å². The summed E-state index contributed by atoms with van der Waals surface area (Å²) in [6, 6.07) is 2.00. The molecule has 13 heavy (non-hydrogen) atoms. The van der Waals surface area contributed by atoms with E-state index in [0.29, 0.717) is 0 Å². The van der Waals surface area contributed by atoms with Gasteiger partial charge in [-0.2, -0.15) is 11.3 Å². The van der Waals surface area contributed by atoms with Crippen LogP contribution in [0.3, 0.4) is 0 Å². The Morgan fingerprint density at radius 3 is 3.08 bits per heavy atom. The zero-order valence-electron chi connectivity index (χ0n) is 7.49.